The number of aryl methyl sites for hydroxylation is 1. The minimum atomic E-state index is -0.344. The number of benzene rings is 4. The number of carbonyl (C=O) groups is 2. The first-order valence-electron chi connectivity index (χ1n) is 11.1. The molecule has 1 unspecified atom stereocenters. The van der Waals surface area contributed by atoms with E-state index in [1.807, 2.05) is 123 Å². The molecule has 0 aliphatic carbocycles. The first-order valence-corrected chi connectivity index (χ1v) is 12.0. The fourth-order valence-electron chi connectivity index (χ4n) is 3.55. The summed E-state index contributed by atoms with van der Waals surface area (Å²) in [5, 5.41) is 2.60. The topological polar surface area (TPSA) is 49.4 Å². The maximum atomic E-state index is 13.6. The number of nitrogens with zero attached hydrogens (tertiary/aromatic N) is 1. The van der Waals surface area contributed by atoms with Crippen LogP contribution in [0.1, 0.15) is 22.8 Å². The normalized spacial score (nSPS) is 11.5. The van der Waals surface area contributed by atoms with Gasteiger partial charge in [-0.15, -0.1) is 11.8 Å². The molecule has 1 atom stereocenters. The third-order valence-corrected chi connectivity index (χ3v) is 6.40. The van der Waals surface area contributed by atoms with E-state index in [1.165, 1.54) is 11.8 Å². The number of rotatable bonds is 7. The number of amides is 2. The molecule has 0 aliphatic rings. The van der Waals surface area contributed by atoms with Gasteiger partial charge in [0, 0.05) is 27.5 Å². The van der Waals surface area contributed by atoms with Gasteiger partial charge in [-0.05, 0) is 68.4 Å². The van der Waals surface area contributed by atoms with E-state index in [9.17, 15) is 9.59 Å². The van der Waals surface area contributed by atoms with Crippen LogP contribution in [-0.4, -0.2) is 17.1 Å². The van der Waals surface area contributed by atoms with E-state index >= 15 is 0 Å². The Morgan fingerprint density at radius 2 is 1.35 bits per heavy atom. The number of para-hydroxylation sites is 2. The van der Waals surface area contributed by atoms with E-state index in [1.54, 1.807) is 4.90 Å². The molecule has 2 amide bonds. The van der Waals surface area contributed by atoms with Gasteiger partial charge in [0.15, 0.2) is 0 Å². The van der Waals surface area contributed by atoms with Gasteiger partial charge in [-0.2, -0.15) is 0 Å². The van der Waals surface area contributed by atoms with E-state index in [4.69, 9.17) is 0 Å². The Bertz CT molecular complexity index is 1220. The summed E-state index contributed by atoms with van der Waals surface area (Å²) in [5.41, 5.74) is 4.05. The second-order valence-corrected chi connectivity index (χ2v) is 9.37. The molecule has 5 heteroatoms. The summed E-state index contributed by atoms with van der Waals surface area (Å²) in [5.74, 6) is -0.179. The van der Waals surface area contributed by atoms with Crippen molar-refractivity contribution in [2.75, 3.05) is 10.2 Å². The predicted molar refractivity (Wildman–Crippen MR) is 141 cm³/mol. The molecular formula is C29H26N2O2S. The van der Waals surface area contributed by atoms with Crippen molar-refractivity contribution in [2.45, 2.75) is 24.0 Å². The van der Waals surface area contributed by atoms with Crippen LogP contribution in [0.5, 0.6) is 0 Å². The number of anilines is 3. The van der Waals surface area contributed by atoms with Gasteiger partial charge in [-0.3, -0.25) is 14.5 Å². The van der Waals surface area contributed by atoms with Crippen LogP contribution >= 0.6 is 11.8 Å². The van der Waals surface area contributed by atoms with Crippen LogP contribution in [0, 0.1) is 6.92 Å². The lowest BCUT2D eigenvalue weighted by molar-refractivity contribution is -0.117. The van der Waals surface area contributed by atoms with Gasteiger partial charge in [0.2, 0.25) is 5.91 Å². The standard InChI is InChI=1S/C29H26N2O2S/c1-21-16-18-23(19-17-21)28(32)30-24-10-9-15-27(20-24)34-22(2)29(33)31(25-11-5-3-6-12-25)26-13-7-4-8-14-26/h3-20,22H,1-2H3,(H,30,32). The van der Waals surface area contributed by atoms with Crippen molar-refractivity contribution >= 4 is 40.6 Å². The highest BCUT2D eigenvalue weighted by molar-refractivity contribution is 8.00. The van der Waals surface area contributed by atoms with Crippen LogP contribution in [-0.2, 0) is 4.79 Å². The van der Waals surface area contributed by atoms with Crippen LogP contribution < -0.4 is 10.2 Å². The molecule has 0 saturated heterocycles. The highest BCUT2D eigenvalue weighted by atomic mass is 32.2. The first-order chi connectivity index (χ1) is 16.5. The number of nitrogens with one attached hydrogen (secondary N) is 1. The molecule has 0 saturated carbocycles. The van der Waals surface area contributed by atoms with E-state index < -0.39 is 0 Å². The highest BCUT2D eigenvalue weighted by Gasteiger charge is 2.24. The average Bonchev–Trinajstić information content (AvgIpc) is 2.86. The largest absolute Gasteiger partial charge is 0.322 e. The van der Waals surface area contributed by atoms with Gasteiger partial charge < -0.3 is 5.32 Å². The van der Waals surface area contributed by atoms with Gasteiger partial charge in [-0.1, -0.05) is 60.2 Å². The summed E-state index contributed by atoms with van der Waals surface area (Å²) in [7, 11) is 0. The zero-order valence-electron chi connectivity index (χ0n) is 19.1. The van der Waals surface area contributed by atoms with E-state index in [0.29, 0.717) is 11.3 Å². The minimum Gasteiger partial charge on any atom is -0.322 e. The van der Waals surface area contributed by atoms with Gasteiger partial charge in [0.1, 0.15) is 0 Å². The van der Waals surface area contributed by atoms with Crippen LogP contribution in [0.4, 0.5) is 17.1 Å². The van der Waals surface area contributed by atoms with Crippen molar-refractivity contribution < 1.29 is 9.59 Å². The quantitative estimate of drug-likeness (QED) is 0.296. The van der Waals surface area contributed by atoms with E-state index in [0.717, 1.165) is 21.8 Å². The Balaban J connectivity index is 1.50. The molecule has 0 heterocycles. The van der Waals surface area contributed by atoms with Gasteiger partial charge in [-0.25, -0.2) is 0 Å². The third-order valence-electron chi connectivity index (χ3n) is 5.32. The number of carbonyl (C=O) groups excluding carboxylic acids is 2. The first kappa shape index (κ1) is 23.3. The van der Waals surface area contributed by atoms with Crippen molar-refractivity contribution in [3.05, 3.63) is 120 Å². The molecule has 1 N–H and O–H groups in total. The molecule has 0 fully saturated rings. The molecule has 0 aliphatic heterocycles. The molecule has 0 bridgehead atoms. The molecule has 0 aromatic heterocycles. The van der Waals surface area contributed by atoms with Crippen LogP contribution in [0.3, 0.4) is 0 Å². The Morgan fingerprint density at radius 3 is 1.94 bits per heavy atom. The molecule has 0 radical (unpaired) electrons. The second-order valence-electron chi connectivity index (χ2n) is 7.95. The smallest absolute Gasteiger partial charge is 0.255 e. The summed E-state index contributed by atoms with van der Waals surface area (Å²) in [6.07, 6.45) is 0. The molecule has 4 nitrogen and oxygen atoms in total. The molecule has 4 rings (SSSR count). The minimum absolute atomic E-state index is 0.0171. The van der Waals surface area contributed by atoms with Crippen molar-refractivity contribution in [3.63, 3.8) is 0 Å². The highest BCUT2D eigenvalue weighted by Crippen LogP contribution is 2.32. The van der Waals surface area contributed by atoms with E-state index in [2.05, 4.69) is 5.32 Å². The predicted octanol–water partition coefficient (Wildman–Crippen LogP) is 7.09. The number of thioether (sulfide) groups is 1. The third kappa shape index (κ3) is 5.74. The second kappa shape index (κ2) is 10.9. The fraction of sp³-hybridized carbons (Fsp3) is 0.103. The summed E-state index contributed by atoms with van der Waals surface area (Å²) in [4.78, 5) is 28.8. The SMILES string of the molecule is Cc1ccc(C(=O)Nc2cccc(SC(C)C(=O)N(c3ccccc3)c3ccccc3)c2)cc1. The van der Waals surface area contributed by atoms with Crippen molar-refractivity contribution in [2.24, 2.45) is 0 Å². The zero-order valence-corrected chi connectivity index (χ0v) is 20.0. The van der Waals surface area contributed by atoms with Crippen LogP contribution in [0.2, 0.25) is 0 Å². The summed E-state index contributed by atoms with van der Waals surface area (Å²) < 4.78 is 0. The maximum absolute atomic E-state index is 13.6. The summed E-state index contributed by atoms with van der Waals surface area (Å²) >= 11 is 1.47. The molecule has 4 aromatic carbocycles. The Morgan fingerprint density at radius 1 is 0.765 bits per heavy atom. The van der Waals surface area contributed by atoms with Crippen molar-refractivity contribution in [1.82, 2.24) is 0 Å². The Kier molecular flexibility index (Phi) is 7.45. The lowest BCUT2D eigenvalue weighted by Crippen LogP contribution is -2.32. The molecule has 170 valence electrons. The Labute approximate surface area is 204 Å². The summed E-state index contributed by atoms with van der Waals surface area (Å²) in [6.45, 7) is 3.89. The Hall–Kier alpha value is -3.83. The van der Waals surface area contributed by atoms with E-state index in [-0.39, 0.29) is 17.1 Å². The lowest BCUT2D eigenvalue weighted by atomic mass is 10.1. The number of hydrogen-bond donors (Lipinski definition) is 1. The monoisotopic (exact) mass is 466 g/mol. The number of hydrogen-bond acceptors (Lipinski definition) is 3. The van der Waals surface area contributed by atoms with Gasteiger partial charge in [0.05, 0.1) is 5.25 Å². The molecule has 4 aromatic rings. The fourth-order valence-corrected chi connectivity index (χ4v) is 4.52. The molecule has 34 heavy (non-hydrogen) atoms. The maximum Gasteiger partial charge on any atom is 0.255 e. The van der Waals surface area contributed by atoms with Gasteiger partial charge >= 0.3 is 0 Å². The van der Waals surface area contributed by atoms with Gasteiger partial charge in [0.25, 0.3) is 5.91 Å². The van der Waals surface area contributed by atoms with Crippen molar-refractivity contribution in [3.8, 4) is 0 Å². The lowest BCUT2D eigenvalue weighted by Gasteiger charge is -2.26. The summed E-state index contributed by atoms with van der Waals surface area (Å²) in [6, 6.07) is 34.4. The average molecular weight is 467 g/mol. The van der Waals surface area contributed by atoms with Crippen molar-refractivity contribution in [1.29, 1.82) is 0 Å². The molecular weight excluding hydrogens is 440 g/mol. The van der Waals surface area contributed by atoms with Crippen LogP contribution in [0.25, 0.3) is 0 Å². The molecule has 0 spiro atoms. The zero-order chi connectivity index (χ0) is 23.9. The van der Waals surface area contributed by atoms with Crippen LogP contribution in [0.15, 0.2) is 114 Å².